The van der Waals surface area contributed by atoms with Crippen molar-refractivity contribution in [2.45, 2.75) is 53.5 Å². The minimum atomic E-state index is -0.906. The highest BCUT2D eigenvalue weighted by Gasteiger charge is 2.35. The largest absolute Gasteiger partial charge is 0.480 e. The minimum Gasteiger partial charge on any atom is -0.480 e. The summed E-state index contributed by atoms with van der Waals surface area (Å²) in [6, 6.07) is -0.682. The maximum Gasteiger partial charge on any atom is 0.326 e. The summed E-state index contributed by atoms with van der Waals surface area (Å²) in [7, 11) is 0. The van der Waals surface area contributed by atoms with E-state index in [1.807, 2.05) is 27.7 Å². The number of rotatable bonds is 2. The molecule has 1 aromatic carbocycles. The Morgan fingerprint density at radius 2 is 1.43 bits per heavy atom. The van der Waals surface area contributed by atoms with Crippen molar-refractivity contribution in [2.24, 2.45) is 0 Å². The number of likely N-dealkylation sites (tertiary alicyclic amines) is 1. The molecule has 0 bridgehead atoms. The molecule has 1 heterocycles. The second-order valence-corrected chi connectivity index (χ2v) is 5.99. The summed E-state index contributed by atoms with van der Waals surface area (Å²) in [4.78, 5) is 25.7. The lowest BCUT2D eigenvalue weighted by Gasteiger charge is -2.25. The molecule has 1 aliphatic rings. The van der Waals surface area contributed by atoms with Crippen molar-refractivity contribution < 1.29 is 14.7 Å². The smallest absolute Gasteiger partial charge is 0.326 e. The number of benzene rings is 1. The number of carboxylic acid groups (broad SMARTS) is 1. The summed E-state index contributed by atoms with van der Waals surface area (Å²) in [6.45, 7) is 10.5. The zero-order chi connectivity index (χ0) is 15.9. The van der Waals surface area contributed by atoms with E-state index in [1.54, 1.807) is 0 Å². The Labute approximate surface area is 125 Å². The van der Waals surface area contributed by atoms with Crippen molar-refractivity contribution in [1.29, 1.82) is 0 Å². The van der Waals surface area contributed by atoms with Gasteiger partial charge in [-0.1, -0.05) is 0 Å². The van der Waals surface area contributed by atoms with E-state index in [0.717, 1.165) is 28.7 Å². The Morgan fingerprint density at radius 1 is 0.952 bits per heavy atom. The molecule has 0 aromatic heterocycles. The quantitative estimate of drug-likeness (QED) is 0.910. The lowest BCUT2D eigenvalue weighted by atomic mass is 9.89. The van der Waals surface area contributed by atoms with Gasteiger partial charge in [-0.3, -0.25) is 4.79 Å². The summed E-state index contributed by atoms with van der Waals surface area (Å²) in [5, 5.41) is 9.28. The highest BCUT2D eigenvalue weighted by Crippen LogP contribution is 2.29. The van der Waals surface area contributed by atoms with Gasteiger partial charge in [0.05, 0.1) is 0 Å². The third-order valence-electron chi connectivity index (χ3n) is 5.01. The highest BCUT2D eigenvalue weighted by atomic mass is 16.4. The molecule has 0 aliphatic carbocycles. The molecule has 1 atom stereocenters. The highest BCUT2D eigenvalue weighted by molar-refractivity contribution is 6.00. The molecular weight excluding hydrogens is 266 g/mol. The standard InChI is InChI=1S/C17H23NO3/c1-9-10(2)12(4)15(13(5)11(9)3)16(19)18-8-6-7-14(18)17(20)21/h14H,6-8H2,1-5H3,(H,20,21). The summed E-state index contributed by atoms with van der Waals surface area (Å²) in [5.74, 6) is -1.04. The molecule has 1 unspecified atom stereocenters. The van der Waals surface area contributed by atoms with Crippen LogP contribution < -0.4 is 0 Å². The molecule has 0 radical (unpaired) electrons. The molecule has 1 fully saturated rings. The summed E-state index contributed by atoms with van der Waals surface area (Å²) >= 11 is 0. The molecule has 1 amide bonds. The topological polar surface area (TPSA) is 57.6 Å². The molecule has 0 saturated carbocycles. The van der Waals surface area contributed by atoms with Crippen LogP contribution in [0.2, 0.25) is 0 Å². The van der Waals surface area contributed by atoms with Crippen LogP contribution in [0.5, 0.6) is 0 Å². The van der Waals surface area contributed by atoms with Crippen molar-refractivity contribution in [3.8, 4) is 0 Å². The van der Waals surface area contributed by atoms with Crippen LogP contribution in [-0.2, 0) is 4.79 Å². The average Bonchev–Trinajstić information content (AvgIpc) is 2.92. The van der Waals surface area contributed by atoms with Crippen LogP contribution in [0.3, 0.4) is 0 Å². The van der Waals surface area contributed by atoms with Gasteiger partial charge in [-0.15, -0.1) is 0 Å². The van der Waals surface area contributed by atoms with Crippen LogP contribution in [0.4, 0.5) is 0 Å². The third-order valence-corrected chi connectivity index (χ3v) is 5.01. The van der Waals surface area contributed by atoms with E-state index in [2.05, 4.69) is 6.92 Å². The number of hydrogen-bond acceptors (Lipinski definition) is 2. The first-order valence-corrected chi connectivity index (χ1v) is 7.38. The molecule has 1 aliphatic heterocycles. The van der Waals surface area contributed by atoms with Crippen molar-refractivity contribution in [1.82, 2.24) is 4.90 Å². The van der Waals surface area contributed by atoms with E-state index < -0.39 is 12.0 Å². The molecule has 1 saturated heterocycles. The number of carbonyl (C=O) groups is 2. The first-order valence-electron chi connectivity index (χ1n) is 7.38. The Balaban J connectivity index is 2.52. The molecule has 21 heavy (non-hydrogen) atoms. The van der Waals surface area contributed by atoms with E-state index in [9.17, 15) is 14.7 Å². The van der Waals surface area contributed by atoms with Crippen LogP contribution in [-0.4, -0.2) is 34.5 Å². The predicted molar refractivity (Wildman–Crippen MR) is 81.8 cm³/mol. The summed E-state index contributed by atoms with van der Waals surface area (Å²) in [5.41, 5.74) is 6.06. The van der Waals surface area contributed by atoms with Gasteiger partial charge < -0.3 is 10.0 Å². The van der Waals surface area contributed by atoms with Crippen LogP contribution in [0, 0.1) is 34.6 Å². The van der Waals surface area contributed by atoms with E-state index in [0.29, 0.717) is 18.5 Å². The third kappa shape index (κ3) is 2.43. The number of nitrogens with zero attached hydrogens (tertiary/aromatic N) is 1. The second kappa shape index (κ2) is 5.51. The van der Waals surface area contributed by atoms with E-state index >= 15 is 0 Å². The number of hydrogen-bond donors (Lipinski definition) is 1. The Morgan fingerprint density at radius 3 is 1.90 bits per heavy atom. The fraction of sp³-hybridized carbons (Fsp3) is 0.529. The minimum absolute atomic E-state index is 0.138. The Kier molecular flexibility index (Phi) is 4.08. The van der Waals surface area contributed by atoms with Gasteiger partial charge in [0.15, 0.2) is 0 Å². The van der Waals surface area contributed by atoms with Gasteiger partial charge >= 0.3 is 5.97 Å². The molecule has 114 valence electrons. The molecule has 1 aromatic rings. The predicted octanol–water partition coefficient (Wildman–Crippen LogP) is 2.92. The molecule has 1 N–H and O–H groups in total. The van der Waals surface area contributed by atoms with E-state index in [1.165, 1.54) is 10.5 Å². The van der Waals surface area contributed by atoms with Crippen molar-refractivity contribution in [2.75, 3.05) is 6.54 Å². The lowest BCUT2D eigenvalue weighted by Crippen LogP contribution is -2.41. The van der Waals surface area contributed by atoms with Crippen LogP contribution >= 0.6 is 0 Å². The lowest BCUT2D eigenvalue weighted by molar-refractivity contribution is -0.141. The molecule has 4 heteroatoms. The van der Waals surface area contributed by atoms with Gasteiger partial charge in [0.2, 0.25) is 0 Å². The number of carbonyl (C=O) groups excluding carboxylic acids is 1. The maximum atomic E-state index is 12.9. The number of aliphatic carboxylic acids is 1. The van der Waals surface area contributed by atoms with Crippen molar-refractivity contribution >= 4 is 11.9 Å². The second-order valence-electron chi connectivity index (χ2n) is 5.99. The first-order chi connectivity index (χ1) is 9.77. The van der Waals surface area contributed by atoms with Crippen LogP contribution in [0.1, 0.15) is 51.0 Å². The SMILES string of the molecule is Cc1c(C)c(C)c(C(=O)N2CCCC2C(=O)O)c(C)c1C. The van der Waals surface area contributed by atoms with Crippen LogP contribution in [0.25, 0.3) is 0 Å². The van der Waals surface area contributed by atoms with E-state index in [-0.39, 0.29) is 5.91 Å². The monoisotopic (exact) mass is 289 g/mol. The number of carboxylic acids is 1. The maximum absolute atomic E-state index is 12.9. The average molecular weight is 289 g/mol. The Hall–Kier alpha value is -1.84. The van der Waals surface area contributed by atoms with Crippen molar-refractivity contribution in [3.05, 3.63) is 33.4 Å². The van der Waals surface area contributed by atoms with Crippen LogP contribution in [0.15, 0.2) is 0 Å². The molecule has 4 nitrogen and oxygen atoms in total. The van der Waals surface area contributed by atoms with E-state index in [4.69, 9.17) is 0 Å². The molecule has 0 spiro atoms. The zero-order valence-electron chi connectivity index (χ0n) is 13.4. The van der Waals surface area contributed by atoms with Gasteiger partial charge in [0.1, 0.15) is 6.04 Å². The van der Waals surface area contributed by atoms with Gasteiger partial charge in [-0.05, 0) is 75.3 Å². The fourth-order valence-corrected chi connectivity index (χ4v) is 3.23. The van der Waals surface area contributed by atoms with Gasteiger partial charge in [0.25, 0.3) is 5.91 Å². The van der Waals surface area contributed by atoms with Gasteiger partial charge in [-0.25, -0.2) is 4.79 Å². The fourth-order valence-electron chi connectivity index (χ4n) is 3.23. The molecule has 2 rings (SSSR count). The summed E-state index contributed by atoms with van der Waals surface area (Å²) in [6.07, 6.45) is 1.30. The summed E-state index contributed by atoms with van der Waals surface area (Å²) < 4.78 is 0. The van der Waals surface area contributed by atoms with Gasteiger partial charge in [-0.2, -0.15) is 0 Å². The zero-order valence-corrected chi connectivity index (χ0v) is 13.4. The van der Waals surface area contributed by atoms with Gasteiger partial charge in [0, 0.05) is 12.1 Å². The normalized spacial score (nSPS) is 18.1. The Bertz CT molecular complexity index is 590. The first kappa shape index (κ1) is 15.5. The molecular formula is C17H23NO3. The number of amides is 1. The van der Waals surface area contributed by atoms with Crippen molar-refractivity contribution in [3.63, 3.8) is 0 Å².